The molecule has 1 saturated carbocycles. The molecule has 6 rings (SSSR count). The molecule has 2 atom stereocenters. The number of imidazole rings is 1. The molecule has 0 spiro atoms. The summed E-state index contributed by atoms with van der Waals surface area (Å²) in [5, 5.41) is 9.35. The van der Waals surface area contributed by atoms with Crippen molar-refractivity contribution in [1.82, 2.24) is 30.0 Å². The maximum atomic E-state index is 14.8. The molecule has 2 aliphatic heterocycles. The van der Waals surface area contributed by atoms with E-state index in [1.54, 1.807) is 17.9 Å². The van der Waals surface area contributed by atoms with Crippen LogP contribution in [-0.4, -0.2) is 49.9 Å². The minimum absolute atomic E-state index is 0.0349. The number of aromatic amines is 1. The highest BCUT2D eigenvalue weighted by Gasteiger charge is 2.66. The van der Waals surface area contributed by atoms with Gasteiger partial charge in [-0.3, -0.25) is 4.79 Å². The average molecular weight is 591 g/mol. The van der Waals surface area contributed by atoms with Crippen LogP contribution in [0.2, 0.25) is 0 Å². The lowest BCUT2D eigenvalue weighted by molar-refractivity contribution is -0.162. The van der Waals surface area contributed by atoms with Crippen LogP contribution in [0.3, 0.4) is 0 Å². The van der Waals surface area contributed by atoms with Crippen LogP contribution in [-0.2, 0) is 12.0 Å². The van der Waals surface area contributed by atoms with E-state index in [4.69, 9.17) is 0 Å². The van der Waals surface area contributed by atoms with Crippen LogP contribution in [0, 0.1) is 18.6 Å². The molecular formula is C29H31F5N6O2. The first-order chi connectivity index (χ1) is 20.0. The first-order valence-corrected chi connectivity index (χ1v) is 14.2. The number of rotatable bonds is 4. The van der Waals surface area contributed by atoms with Gasteiger partial charge in [0.25, 0.3) is 5.56 Å². The SMILES string of the molecule is Cc1cc(C2CCN(C(=O)N[C@@H]3CC[C@@H](c4c(F)cccc4F)Cn4c(C5(C(F)(F)F)CC5)cnc43)CC2)c(=O)[nH]n1. The lowest BCUT2D eigenvalue weighted by Crippen LogP contribution is -2.46. The molecule has 1 aromatic carbocycles. The Labute approximate surface area is 238 Å². The number of aromatic nitrogens is 4. The number of nitrogens with zero attached hydrogens (tertiary/aromatic N) is 4. The average Bonchev–Trinajstić information content (AvgIpc) is 3.70. The fourth-order valence-corrected chi connectivity index (χ4v) is 6.60. The second-order valence-corrected chi connectivity index (χ2v) is 11.7. The highest BCUT2D eigenvalue weighted by Crippen LogP contribution is 2.59. The summed E-state index contributed by atoms with van der Waals surface area (Å²) < 4.78 is 73.6. The molecule has 2 fully saturated rings. The Morgan fingerprint density at radius 3 is 2.40 bits per heavy atom. The van der Waals surface area contributed by atoms with E-state index < -0.39 is 41.2 Å². The zero-order valence-electron chi connectivity index (χ0n) is 23.0. The molecule has 3 aliphatic rings. The van der Waals surface area contributed by atoms with Gasteiger partial charge in [-0.15, -0.1) is 0 Å². The van der Waals surface area contributed by atoms with Gasteiger partial charge in [0, 0.05) is 42.9 Å². The number of carbonyl (C=O) groups is 1. The molecule has 2 N–H and O–H groups in total. The second kappa shape index (κ2) is 10.5. The van der Waals surface area contributed by atoms with Crippen molar-refractivity contribution >= 4 is 6.03 Å². The number of alkyl halides is 3. The van der Waals surface area contributed by atoms with Crippen LogP contribution in [0.25, 0.3) is 0 Å². The highest BCUT2D eigenvalue weighted by atomic mass is 19.4. The Morgan fingerprint density at radius 2 is 1.76 bits per heavy atom. The fraction of sp³-hybridized carbons (Fsp3) is 0.517. The minimum atomic E-state index is -4.51. The van der Waals surface area contributed by atoms with Crippen molar-refractivity contribution in [3.63, 3.8) is 0 Å². The van der Waals surface area contributed by atoms with E-state index in [9.17, 15) is 31.5 Å². The maximum Gasteiger partial charge on any atom is 0.399 e. The summed E-state index contributed by atoms with van der Waals surface area (Å²) in [6, 6.07) is 4.13. The number of fused-ring (bicyclic) bond motifs is 1. The summed E-state index contributed by atoms with van der Waals surface area (Å²) in [6.45, 7) is 2.46. The van der Waals surface area contributed by atoms with Gasteiger partial charge in [0.15, 0.2) is 0 Å². The van der Waals surface area contributed by atoms with Crippen LogP contribution in [0.15, 0.2) is 35.3 Å². The zero-order valence-corrected chi connectivity index (χ0v) is 23.0. The van der Waals surface area contributed by atoms with E-state index in [1.165, 1.54) is 16.8 Å². The van der Waals surface area contributed by atoms with Crippen LogP contribution in [0.5, 0.6) is 0 Å². The van der Waals surface area contributed by atoms with Crippen molar-refractivity contribution in [1.29, 1.82) is 0 Å². The molecule has 2 amide bonds. The third-order valence-corrected chi connectivity index (χ3v) is 9.08. The Balaban J connectivity index is 1.25. The van der Waals surface area contributed by atoms with Crippen molar-refractivity contribution in [2.45, 2.75) is 81.5 Å². The summed E-state index contributed by atoms with van der Waals surface area (Å²) in [7, 11) is 0. The molecule has 0 radical (unpaired) electrons. The van der Waals surface area contributed by atoms with E-state index in [0.717, 1.165) is 12.1 Å². The van der Waals surface area contributed by atoms with Crippen molar-refractivity contribution in [3.8, 4) is 0 Å². The van der Waals surface area contributed by atoms with Crippen molar-refractivity contribution < 1.29 is 26.7 Å². The van der Waals surface area contributed by atoms with E-state index in [-0.39, 0.29) is 60.8 Å². The van der Waals surface area contributed by atoms with Gasteiger partial charge in [-0.2, -0.15) is 18.3 Å². The monoisotopic (exact) mass is 590 g/mol. The van der Waals surface area contributed by atoms with Gasteiger partial charge in [0.2, 0.25) is 0 Å². The molecule has 3 aromatic rings. The molecule has 1 saturated heterocycles. The number of nitrogens with one attached hydrogen (secondary N) is 2. The summed E-state index contributed by atoms with van der Waals surface area (Å²) in [5.74, 6) is -2.04. The van der Waals surface area contributed by atoms with Gasteiger partial charge in [-0.05, 0) is 69.6 Å². The number of piperidine rings is 1. The van der Waals surface area contributed by atoms with E-state index in [1.807, 2.05) is 0 Å². The number of carbonyl (C=O) groups excluding carboxylic acids is 1. The fourth-order valence-electron chi connectivity index (χ4n) is 6.60. The first-order valence-electron chi connectivity index (χ1n) is 14.2. The van der Waals surface area contributed by atoms with Crippen molar-refractivity contribution in [2.24, 2.45) is 0 Å². The Hall–Kier alpha value is -3.77. The molecule has 8 nitrogen and oxygen atoms in total. The Bertz CT molecular complexity index is 1530. The molecular weight excluding hydrogens is 559 g/mol. The predicted octanol–water partition coefficient (Wildman–Crippen LogP) is 5.35. The lowest BCUT2D eigenvalue weighted by Gasteiger charge is -2.33. The van der Waals surface area contributed by atoms with Gasteiger partial charge in [-0.25, -0.2) is 23.7 Å². The first kappa shape index (κ1) is 28.4. The van der Waals surface area contributed by atoms with Gasteiger partial charge in [0.05, 0.1) is 17.4 Å². The summed E-state index contributed by atoms with van der Waals surface area (Å²) in [6.07, 6.45) is -1.89. The third kappa shape index (κ3) is 4.96. The molecule has 224 valence electrons. The molecule has 2 aromatic heterocycles. The number of benzene rings is 1. The van der Waals surface area contributed by atoms with E-state index in [2.05, 4.69) is 20.5 Å². The highest BCUT2D eigenvalue weighted by molar-refractivity contribution is 5.74. The van der Waals surface area contributed by atoms with Crippen LogP contribution in [0.1, 0.15) is 84.7 Å². The number of H-pyrrole nitrogens is 1. The summed E-state index contributed by atoms with van der Waals surface area (Å²) in [4.78, 5) is 31.6. The number of likely N-dealkylation sites (tertiary alicyclic amines) is 1. The largest absolute Gasteiger partial charge is 0.399 e. The van der Waals surface area contributed by atoms with Gasteiger partial charge in [-0.1, -0.05) is 6.07 Å². The van der Waals surface area contributed by atoms with Crippen LogP contribution >= 0.6 is 0 Å². The summed E-state index contributed by atoms with van der Waals surface area (Å²) >= 11 is 0. The van der Waals surface area contributed by atoms with E-state index in [0.29, 0.717) is 37.2 Å². The normalized spacial score (nSPS) is 22.4. The van der Waals surface area contributed by atoms with Gasteiger partial charge >= 0.3 is 12.2 Å². The topological polar surface area (TPSA) is 95.9 Å². The molecule has 13 heteroatoms. The number of amides is 2. The van der Waals surface area contributed by atoms with Crippen LogP contribution in [0.4, 0.5) is 26.7 Å². The molecule has 4 heterocycles. The molecule has 42 heavy (non-hydrogen) atoms. The molecule has 0 unspecified atom stereocenters. The third-order valence-electron chi connectivity index (χ3n) is 9.08. The quantitative estimate of drug-likeness (QED) is 0.401. The number of halogens is 5. The smallest absolute Gasteiger partial charge is 0.329 e. The van der Waals surface area contributed by atoms with Gasteiger partial charge in [0.1, 0.15) is 22.9 Å². The maximum absolute atomic E-state index is 14.8. The standard InChI is InChI=1S/C29H31F5N6O2/c1-16-13-19(26(41)38-37-16)17-7-11-39(12-8-17)27(42)36-22-6-5-18(24-20(30)3-2-4-21(24)31)15-40-23(14-35-25(22)40)28(9-10-28)29(32,33)34/h2-4,13-14,17-18,22H,5-12,15H2,1H3,(H,36,42)(H,38,41)/t18-,22-/m1/s1. The number of urea groups is 1. The number of hydrogen-bond acceptors (Lipinski definition) is 4. The predicted molar refractivity (Wildman–Crippen MR) is 142 cm³/mol. The Morgan fingerprint density at radius 1 is 1.07 bits per heavy atom. The second-order valence-electron chi connectivity index (χ2n) is 11.7. The zero-order chi connectivity index (χ0) is 29.8. The number of aryl methyl sites for hydroxylation is 1. The van der Waals surface area contributed by atoms with Gasteiger partial charge < -0.3 is 14.8 Å². The summed E-state index contributed by atoms with van der Waals surface area (Å²) in [5.41, 5.74) is -1.19. The minimum Gasteiger partial charge on any atom is -0.329 e. The van der Waals surface area contributed by atoms with Crippen molar-refractivity contribution in [3.05, 3.63) is 80.8 Å². The Kier molecular flexibility index (Phi) is 7.09. The van der Waals surface area contributed by atoms with Crippen molar-refractivity contribution in [2.75, 3.05) is 13.1 Å². The van der Waals surface area contributed by atoms with E-state index >= 15 is 0 Å². The molecule has 1 aliphatic carbocycles. The lowest BCUT2D eigenvalue weighted by atomic mass is 9.90. The number of hydrogen-bond donors (Lipinski definition) is 2. The van der Waals surface area contributed by atoms with Crippen LogP contribution < -0.4 is 10.9 Å². The molecule has 0 bridgehead atoms.